The highest BCUT2D eigenvalue weighted by Gasteiger charge is 2.21. The highest BCUT2D eigenvalue weighted by molar-refractivity contribution is 7.11. The van der Waals surface area contributed by atoms with E-state index in [4.69, 9.17) is 0 Å². The Morgan fingerprint density at radius 3 is 2.70 bits per heavy atom. The summed E-state index contributed by atoms with van der Waals surface area (Å²) in [5.41, 5.74) is 2.54. The molecule has 2 heterocycles. The molecule has 1 saturated heterocycles. The minimum Gasteiger partial charge on any atom is -0.350 e. The molecule has 0 saturated carbocycles. The summed E-state index contributed by atoms with van der Waals surface area (Å²) in [5.74, 6) is 0.00374. The van der Waals surface area contributed by atoms with Crippen molar-refractivity contribution in [3.05, 3.63) is 16.1 Å². The summed E-state index contributed by atoms with van der Waals surface area (Å²) in [6.45, 7) is 12.5. The monoisotopic (exact) mass is 296 g/mol. The molecule has 1 atom stereocenters. The third-order valence-electron chi connectivity index (χ3n) is 3.99. The van der Waals surface area contributed by atoms with Crippen molar-refractivity contribution >= 4 is 17.2 Å². The molecule has 1 aromatic rings. The molecule has 1 amide bonds. The molecule has 5 nitrogen and oxygen atoms in total. The van der Waals surface area contributed by atoms with Gasteiger partial charge in [0.1, 0.15) is 4.88 Å². The third kappa shape index (κ3) is 3.77. The van der Waals surface area contributed by atoms with E-state index in [1.165, 1.54) is 11.3 Å². The van der Waals surface area contributed by atoms with E-state index in [-0.39, 0.29) is 5.91 Å². The van der Waals surface area contributed by atoms with Crippen molar-refractivity contribution < 1.29 is 4.79 Å². The van der Waals surface area contributed by atoms with Crippen molar-refractivity contribution in [2.24, 2.45) is 0 Å². The van der Waals surface area contributed by atoms with Crippen molar-refractivity contribution in [3.63, 3.8) is 0 Å². The number of carbonyl (C=O) groups is 1. The SMILES string of the molecule is CCN1CCN([C@@H](C)CNC(=O)c2scnc2C)CC1. The Labute approximate surface area is 125 Å². The molecule has 112 valence electrons. The fourth-order valence-electron chi connectivity index (χ4n) is 2.49. The average molecular weight is 296 g/mol. The first-order valence-electron chi connectivity index (χ1n) is 7.26. The van der Waals surface area contributed by atoms with E-state index >= 15 is 0 Å². The zero-order valence-corrected chi connectivity index (χ0v) is 13.4. The fraction of sp³-hybridized carbons (Fsp3) is 0.714. The molecule has 1 aromatic heterocycles. The van der Waals surface area contributed by atoms with Gasteiger partial charge < -0.3 is 10.2 Å². The maximum Gasteiger partial charge on any atom is 0.263 e. The van der Waals surface area contributed by atoms with Crippen LogP contribution in [-0.4, -0.2) is 66.0 Å². The van der Waals surface area contributed by atoms with E-state index in [9.17, 15) is 4.79 Å². The number of piperazine rings is 1. The van der Waals surface area contributed by atoms with Gasteiger partial charge in [0.15, 0.2) is 0 Å². The lowest BCUT2D eigenvalue weighted by atomic mass is 10.2. The van der Waals surface area contributed by atoms with Crippen LogP contribution < -0.4 is 5.32 Å². The van der Waals surface area contributed by atoms with Gasteiger partial charge in [-0.05, 0) is 20.4 Å². The summed E-state index contributed by atoms with van der Waals surface area (Å²) in [6, 6.07) is 0.381. The largest absolute Gasteiger partial charge is 0.350 e. The van der Waals surface area contributed by atoms with Crippen molar-refractivity contribution in [2.45, 2.75) is 26.8 Å². The number of hydrogen-bond donors (Lipinski definition) is 1. The van der Waals surface area contributed by atoms with Gasteiger partial charge in [0, 0.05) is 38.8 Å². The van der Waals surface area contributed by atoms with Crippen molar-refractivity contribution in [1.29, 1.82) is 0 Å². The van der Waals surface area contributed by atoms with Gasteiger partial charge in [-0.25, -0.2) is 4.98 Å². The molecule has 0 bridgehead atoms. The summed E-state index contributed by atoms with van der Waals surface area (Å²) in [7, 11) is 0. The molecular weight excluding hydrogens is 272 g/mol. The summed E-state index contributed by atoms with van der Waals surface area (Å²) in [4.78, 5) is 21.8. The lowest BCUT2D eigenvalue weighted by molar-refractivity contribution is 0.0885. The quantitative estimate of drug-likeness (QED) is 0.887. The zero-order chi connectivity index (χ0) is 14.5. The lowest BCUT2D eigenvalue weighted by Crippen LogP contribution is -2.52. The Hall–Kier alpha value is -0.980. The van der Waals surface area contributed by atoms with Crippen LogP contribution in [0.5, 0.6) is 0 Å². The Balaban J connectivity index is 1.77. The number of thiazole rings is 1. The second-order valence-electron chi connectivity index (χ2n) is 5.30. The number of hydrogen-bond acceptors (Lipinski definition) is 5. The smallest absolute Gasteiger partial charge is 0.263 e. The number of nitrogens with one attached hydrogen (secondary N) is 1. The highest BCUT2D eigenvalue weighted by Crippen LogP contribution is 2.12. The maximum atomic E-state index is 12.0. The molecule has 0 unspecified atom stereocenters. The minimum absolute atomic E-state index is 0.00374. The number of amides is 1. The van der Waals surface area contributed by atoms with Crippen LogP contribution >= 0.6 is 11.3 Å². The molecule has 0 radical (unpaired) electrons. The molecule has 1 aliphatic heterocycles. The Morgan fingerprint density at radius 2 is 2.15 bits per heavy atom. The predicted octanol–water partition coefficient (Wildman–Crippen LogP) is 1.21. The number of aryl methyl sites for hydroxylation is 1. The van der Waals surface area contributed by atoms with E-state index in [1.54, 1.807) is 5.51 Å². The van der Waals surface area contributed by atoms with Gasteiger partial charge in [-0.2, -0.15) is 0 Å². The van der Waals surface area contributed by atoms with Crippen LogP contribution in [-0.2, 0) is 0 Å². The van der Waals surface area contributed by atoms with Crippen LogP contribution in [0.25, 0.3) is 0 Å². The predicted molar refractivity (Wildman–Crippen MR) is 82.3 cm³/mol. The van der Waals surface area contributed by atoms with Gasteiger partial charge in [0.25, 0.3) is 5.91 Å². The fourth-order valence-corrected chi connectivity index (χ4v) is 3.21. The average Bonchev–Trinajstić information content (AvgIpc) is 2.90. The molecule has 0 aromatic carbocycles. The lowest BCUT2D eigenvalue weighted by Gasteiger charge is -2.37. The molecule has 1 N–H and O–H groups in total. The topological polar surface area (TPSA) is 48.5 Å². The van der Waals surface area contributed by atoms with Crippen LogP contribution in [0.15, 0.2) is 5.51 Å². The molecule has 1 fully saturated rings. The van der Waals surface area contributed by atoms with E-state index in [2.05, 4.69) is 33.9 Å². The van der Waals surface area contributed by atoms with Crippen LogP contribution in [0.2, 0.25) is 0 Å². The molecule has 1 aliphatic rings. The van der Waals surface area contributed by atoms with Crippen molar-refractivity contribution in [1.82, 2.24) is 20.1 Å². The van der Waals surface area contributed by atoms with E-state index in [0.29, 0.717) is 12.6 Å². The Morgan fingerprint density at radius 1 is 1.45 bits per heavy atom. The standard InChI is InChI=1S/C14H24N4OS/c1-4-17-5-7-18(8-6-17)11(2)9-15-14(19)13-12(3)16-10-20-13/h10-11H,4-9H2,1-3H3,(H,15,19)/t11-/m0/s1. The molecule has 0 aliphatic carbocycles. The van der Waals surface area contributed by atoms with E-state index in [0.717, 1.165) is 43.3 Å². The molecule has 2 rings (SSSR count). The van der Waals surface area contributed by atoms with Gasteiger partial charge in [0.05, 0.1) is 11.2 Å². The Bertz CT molecular complexity index is 440. The number of carbonyl (C=O) groups excluding carboxylic acids is 1. The number of likely N-dealkylation sites (N-methyl/N-ethyl adjacent to an activating group) is 1. The van der Waals surface area contributed by atoms with Crippen molar-refractivity contribution in [3.8, 4) is 0 Å². The number of aromatic nitrogens is 1. The minimum atomic E-state index is 0.00374. The first kappa shape index (κ1) is 15.4. The normalized spacial score (nSPS) is 18.9. The van der Waals surface area contributed by atoms with Gasteiger partial charge >= 0.3 is 0 Å². The van der Waals surface area contributed by atoms with Crippen LogP contribution in [0.1, 0.15) is 29.2 Å². The molecule has 0 spiro atoms. The van der Waals surface area contributed by atoms with E-state index < -0.39 is 0 Å². The van der Waals surface area contributed by atoms with Gasteiger partial charge in [-0.15, -0.1) is 11.3 Å². The van der Waals surface area contributed by atoms with Gasteiger partial charge in [0.2, 0.25) is 0 Å². The Kier molecular flexibility index (Phi) is 5.51. The number of nitrogens with zero attached hydrogens (tertiary/aromatic N) is 3. The van der Waals surface area contributed by atoms with Crippen LogP contribution in [0.4, 0.5) is 0 Å². The summed E-state index contributed by atoms with van der Waals surface area (Å²) in [6.07, 6.45) is 0. The summed E-state index contributed by atoms with van der Waals surface area (Å²) >= 11 is 1.40. The second kappa shape index (κ2) is 7.15. The maximum absolute atomic E-state index is 12.0. The van der Waals surface area contributed by atoms with Gasteiger partial charge in [-0.3, -0.25) is 9.69 Å². The zero-order valence-electron chi connectivity index (χ0n) is 12.6. The first-order valence-corrected chi connectivity index (χ1v) is 8.14. The van der Waals surface area contributed by atoms with E-state index in [1.807, 2.05) is 6.92 Å². The second-order valence-corrected chi connectivity index (χ2v) is 6.15. The number of rotatable bonds is 5. The highest BCUT2D eigenvalue weighted by atomic mass is 32.1. The van der Waals surface area contributed by atoms with Crippen LogP contribution in [0.3, 0.4) is 0 Å². The molecular formula is C14H24N4OS. The van der Waals surface area contributed by atoms with Gasteiger partial charge in [-0.1, -0.05) is 6.92 Å². The third-order valence-corrected chi connectivity index (χ3v) is 4.91. The molecule has 20 heavy (non-hydrogen) atoms. The van der Waals surface area contributed by atoms with Crippen molar-refractivity contribution in [2.75, 3.05) is 39.3 Å². The summed E-state index contributed by atoms with van der Waals surface area (Å²) in [5, 5.41) is 3.02. The first-order chi connectivity index (χ1) is 9.61. The summed E-state index contributed by atoms with van der Waals surface area (Å²) < 4.78 is 0. The molecule has 6 heteroatoms. The van der Waals surface area contributed by atoms with Crippen LogP contribution in [0, 0.1) is 6.92 Å².